The Morgan fingerprint density at radius 3 is 2.85 bits per heavy atom. The van der Waals surface area contributed by atoms with Crippen LogP contribution in [0.15, 0.2) is 57.3 Å². The maximum absolute atomic E-state index is 12.6. The van der Waals surface area contributed by atoms with Crippen molar-refractivity contribution in [2.45, 2.75) is 11.7 Å². The van der Waals surface area contributed by atoms with Gasteiger partial charge < -0.3 is 15.3 Å². The van der Waals surface area contributed by atoms with Crippen molar-refractivity contribution in [1.82, 2.24) is 0 Å². The van der Waals surface area contributed by atoms with Crippen molar-refractivity contribution in [3.63, 3.8) is 0 Å². The minimum atomic E-state index is -1.15. The van der Waals surface area contributed by atoms with Gasteiger partial charge in [0.25, 0.3) is 0 Å². The van der Waals surface area contributed by atoms with E-state index in [0.29, 0.717) is 5.76 Å². The van der Waals surface area contributed by atoms with Gasteiger partial charge in [-0.25, -0.2) is 9.69 Å². The number of amides is 2. The van der Waals surface area contributed by atoms with E-state index >= 15 is 0 Å². The fourth-order valence-electron chi connectivity index (χ4n) is 2.42. The Bertz CT molecular complexity index is 939. The predicted octanol–water partition coefficient (Wildman–Crippen LogP) is 1.69. The van der Waals surface area contributed by atoms with E-state index < -0.39 is 23.0 Å². The van der Waals surface area contributed by atoms with Gasteiger partial charge in [-0.15, -0.1) is 5.10 Å². The number of nitrogens with zero attached hydrogens (tertiary/aromatic N) is 3. The zero-order valence-corrected chi connectivity index (χ0v) is 14.6. The lowest BCUT2D eigenvalue weighted by atomic mass is 10.2. The van der Waals surface area contributed by atoms with Gasteiger partial charge in [-0.05, 0) is 30.3 Å². The average Bonchev–Trinajstić information content (AvgIpc) is 3.23. The van der Waals surface area contributed by atoms with Crippen molar-refractivity contribution in [1.29, 1.82) is 0 Å². The summed E-state index contributed by atoms with van der Waals surface area (Å²) in [6.45, 7) is 0. The molecule has 1 aliphatic heterocycles. The molecule has 27 heavy (non-hydrogen) atoms. The molecule has 0 saturated carbocycles. The number of aromatic carboxylic acids is 1. The number of thioether (sulfide) groups is 1. The highest BCUT2D eigenvalue weighted by Crippen LogP contribution is 2.30. The molecule has 3 rings (SSSR count). The molecule has 1 aromatic carbocycles. The average molecular weight is 386 g/mol. The van der Waals surface area contributed by atoms with Crippen molar-refractivity contribution in [2.75, 3.05) is 4.90 Å². The van der Waals surface area contributed by atoms with Gasteiger partial charge in [0.1, 0.15) is 11.0 Å². The number of anilines is 1. The van der Waals surface area contributed by atoms with E-state index in [0.717, 1.165) is 16.7 Å². The van der Waals surface area contributed by atoms with Crippen LogP contribution < -0.4 is 10.6 Å². The van der Waals surface area contributed by atoms with E-state index in [9.17, 15) is 14.4 Å². The van der Waals surface area contributed by atoms with E-state index in [2.05, 4.69) is 10.2 Å². The molecule has 2 amide bonds. The summed E-state index contributed by atoms with van der Waals surface area (Å²) in [6.07, 6.45) is 2.78. The van der Waals surface area contributed by atoms with Crippen molar-refractivity contribution in [3.8, 4) is 0 Å². The molecular weight excluding hydrogens is 372 g/mol. The zero-order chi connectivity index (χ0) is 19.4. The topological polar surface area (TPSA) is 139 Å². The van der Waals surface area contributed by atoms with Gasteiger partial charge in [0.15, 0.2) is 5.17 Å². The van der Waals surface area contributed by atoms with Gasteiger partial charge in [-0.3, -0.25) is 9.59 Å². The maximum atomic E-state index is 12.6. The molecule has 3 N–H and O–H groups in total. The van der Waals surface area contributed by atoms with Crippen LogP contribution >= 0.6 is 11.8 Å². The number of carboxylic acid groups (broad SMARTS) is 1. The Kier molecular flexibility index (Phi) is 5.36. The second kappa shape index (κ2) is 7.87. The van der Waals surface area contributed by atoms with Crippen LogP contribution in [0.25, 0.3) is 0 Å². The second-order valence-electron chi connectivity index (χ2n) is 5.43. The number of hydrogen-bond donors (Lipinski definition) is 2. The maximum Gasteiger partial charge on any atom is 0.335 e. The van der Waals surface area contributed by atoms with Crippen LogP contribution in [0.3, 0.4) is 0 Å². The first-order chi connectivity index (χ1) is 13.0. The van der Waals surface area contributed by atoms with Gasteiger partial charge in [0, 0.05) is 6.42 Å². The summed E-state index contributed by atoms with van der Waals surface area (Å²) in [5, 5.41) is 15.8. The molecule has 1 fully saturated rings. The number of benzene rings is 1. The Morgan fingerprint density at radius 2 is 2.15 bits per heavy atom. The van der Waals surface area contributed by atoms with Gasteiger partial charge in [0.2, 0.25) is 11.8 Å². The van der Waals surface area contributed by atoms with Gasteiger partial charge in [0.05, 0.1) is 23.7 Å². The number of carboxylic acids is 1. The van der Waals surface area contributed by atoms with Crippen molar-refractivity contribution in [2.24, 2.45) is 15.9 Å². The predicted molar refractivity (Wildman–Crippen MR) is 99.8 cm³/mol. The minimum Gasteiger partial charge on any atom is -0.478 e. The molecule has 1 aromatic heterocycles. The summed E-state index contributed by atoms with van der Waals surface area (Å²) in [5.74, 6) is -1.58. The Balaban J connectivity index is 1.70. The quantitative estimate of drug-likeness (QED) is 0.345. The van der Waals surface area contributed by atoms with Gasteiger partial charge in [-0.2, -0.15) is 5.10 Å². The number of furan rings is 1. The largest absolute Gasteiger partial charge is 0.478 e. The number of carbonyl (C=O) groups excluding carboxylic acids is 2. The van der Waals surface area contributed by atoms with Crippen LogP contribution in [0, 0.1) is 0 Å². The van der Waals surface area contributed by atoms with Crippen LogP contribution in [0.5, 0.6) is 0 Å². The molecule has 2 heterocycles. The molecule has 0 radical (unpaired) electrons. The van der Waals surface area contributed by atoms with Gasteiger partial charge in [-0.1, -0.05) is 17.8 Å². The SMILES string of the molecule is N/C(=N\N=C\c1ccco1)SC1CC(=O)N(c2cccc(C(=O)O)c2)C1=O. The molecule has 1 saturated heterocycles. The second-order valence-corrected chi connectivity index (χ2v) is 6.65. The Labute approximate surface area is 157 Å². The van der Waals surface area contributed by atoms with Crippen LogP contribution in [0.1, 0.15) is 22.5 Å². The third-order valence-corrected chi connectivity index (χ3v) is 4.58. The van der Waals surface area contributed by atoms with Gasteiger partial charge >= 0.3 is 5.97 Å². The first kappa shape index (κ1) is 18.4. The standard InChI is InChI=1S/C17H14N4O5S/c18-17(20-19-9-12-5-2-6-26-12)27-13-8-14(22)21(15(13)23)11-4-1-3-10(7-11)16(24)25/h1-7,9,13H,8H2,(H2,18,20)(H,24,25)/b19-9+. The molecule has 0 aliphatic carbocycles. The fourth-order valence-corrected chi connectivity index (χ4v) is 3.24. The molecule has 1 unspecified atom stereocenters. The molecule has 1 aliphatic rings. The van der Waals surface area contributed by atoms with E-state index in [1.807, 2.05) is 0 Å². The monoisotopic (exact) mass is 386 g/mol. The lowest BCUT2D eigenvalue weighted by Crippen LogP contribution is -2.32. The van der Waals surface area contributed by atoms with E-state index in [1.54, 1.807) is 12.1 Å². The zero-order valence-electron chi connectivity index (χ0n) is 13.8. The molecule has 0 bridgehead atoms. The van der Waals surface area contributed by atoms with E-state index in [1.165, 1.54) is 36.7 Å². The van der Waals surface area contributed by atoms with Crippen LogP contribution in [-0.4, -0.2) is 39.5 Å². The van der Waals surface area contributed by atoms with Crippen LogP contribution in [0.4, 0.5) is 5.69 Å². The fraction of sp³-hybridized carbons (Fsp3) is 0.118. The Hall–Kier alpha value is -3.40. The summed E-state index contributed by atoms with van der Waals surface area (Å²) in [4.78, 5) is 36.9. The third-order valence-electron chi connectivity index (χ3n) is 3.60. The minimum absolute atomic E-state index is 0.0162. The number of carbonyl (C=O) groups is 3. The normalized spacial score (nSPS) is 17.9. The van der Waals surface area contributed by atoms with E-state index in [4.69, 9.17) is 15.3 Å². The number of hydrogen-bond acceptors (Lipinski definition) is 7. The number of amidine groups is 1. The molecule has 9 nitrogen and oxygen atoms in total. The first-order valence-corrected chi connectivity index (χ1v) is 8.60. The first-order valence-electron chi connectivity index (χ1n) is 7.72. The Morgan fingerprint density at radius 1 is 1.33 bits per heavy atom. The van der Waals surface area contributed by atoms with Crippen molar-refractivity contribution in [3.05, 3.63) is 54.0 Å². The van der Waals surface area contributed by atoms with Crippen LogP contribution in [0.2, 0.25) is 0 Å². The molecule has 1 atom stereocenters. The molecule has 0 spiro atoms. The van der Waals surface area contributed by atoms with Crippen LogP contribution in [-0.2, 0) is 9.59 Å². The summed E-state index contributed by atoms with van der Waals surface area (Å²) < 4.78 is 5.06. The number of rotatable bonds is 5. The molecule has 10 heteroatoms. The number of imide groups is 1. The summed E-state index contributed by atoms with van der Waals surface area (Å²) in [5.41, 5.74) is 5.95. The lowest BCUT2D eigenvalue weighted by Gasteiger charge is -2.15. The molecule has 2 aromatic rings. The summed E-state index contributed by atoms with van der Waals surface area (Å²) >= 11 is 0.920. The van der Waals surface area contributed by atoms with Crippen molar-refractivity contribution < 1.29 is 23.9 Å². The highest BCUT2D eigenvalue weighted by Gasteiger charge is 2.40. The number of nitrogens with two attached hydrogens (primary N) is 1. The molecular formula is C17H14N4O5S. The van der Waals surface area contributed by atoms with Crippen molar-refractivity contribution >= 4 is 46.6 Å². The smallest absolute Gasteiger partial charge is 0.335 e. The highest BCUT2D eigenvalue weighted by atomic mass is 32.2. The molecule has 138 valence electrons. The third kappa shape index (κ3) is 4.23. The lowest BCUT2D eigenvalue weighted by molar-refractivity contribution is -0.121. The summed E-state index contributed by atoms with van der Waals surface area (Å²) in [7, 11) is 0. The summed E-state index contributed by atoms with van der Waals surface area (Å²) in [6, 6.07) is 9.00. The van der Waals surface area contributed by atoms with E-state index in [-0.39, 0.29) is 22.8 Å². The highest BCUT2D eigenvalue weighted by molar-refractivity contribution is 8.14.